The van der Waals surface area contributed by atoms with Gasteiger partial charge in [0.25, 0.3) is 11.7 Å². The molecule has 1 aliphatic rings. The van der Waals surface area contributed by atoms with Crippen LogP contribution in [0.25, 0.3) is 5.78 Å². The highest BCUT2D eigenvalue weighted by Gasteiger charge is 2.26. The standard InChI is InChI=1S/C14H14F3N9O2/c1-24-12(18-5-3-6-19-24)21-10(27)9-11(28)22-13-25(20-8-26(13)23-9)7-2-4-14(15,16)17/h3,8H,2,4-5,7H2,1H3,(H,18,21,27). The van der Waals surface area contributed by atoms with Crippen molar-refractivity contribution in [3.05, 3.63) is 28.5 Å². The summed E-state index contributed by atoms with van der Waals surface area (Å²) >= 11 is 0. The van der Waals surface area contributed by atoms with Crippen molar-refractivity contribution in [3.8, 4) is 0 Å². The van der Waals surface area contributed by atoms with Crippen LogP contribution in [0, 0.1) is 0 Å². The number of alkyl halides is 3. The molecule has 0 aromatic carbocycles. The zero-order valence-electron chi connectivity index (χ0n) is 14.5. The molecule has 1 N–H and O–H groups in total. The van der Waals surface area contributed by atoms with Gasteiger partial charge in [0, 0.05) is 32.0 Å². The summed E-state index contributed by atoms with van der Waals surface area (Å²) in [6.07, 6.45) is -2.83. The van der Waals surface area contributed by atoms with E-state index < -0.39 is 29.8 Å². The number of carbonyl (C=O) groups excluding carboxylic acids is 1. The number of aryl methyl sites for hydroxylation is 1. The molecule has 148 valence electrons. The Balaban J connectivity index is 1.79. The van der Waals surface area contributed by atoms with Crippen LogP contribution in [0.3, 0.4) is 0 Å². The lowest BCUT2D eigenvalue weighted by atomic mass is 10.3. The van der Waals surface area contributed by atoms with Gasteiger partial charge in [-0.15, -0.1) is 5.10 Å². The molecule has 0 saturated carbocycles. The van der Waals surface area contributed by atoms with E-state index in [0.29, 0.717) is 0 Å². The molecule has 0 fully saturated rings. The summed E-state index contributed by atoms with van der Waals surface area (Å²) in [6.45, 7) is 0.125. The Morgan fingerprint density at radius 2 is 2.18 bits per heavy atom. The molecule has 0 spiro atoms. The second-order valence-corrected chi connectivity index (χ2v) is 5.66. The second-order valence-electron chi connectivity index (χ2n) is 5.66. The van der Waals surface area contributed by atoms with Crippen molar-refractivity contribution >= 4 is 23.5 Å². The van der Waals surface area contributed by atoms with Crippen LogP contribution in [0.1, 0.15) is 23.3 Å². The maximum Gasteiger partial charge on any atom is 0.389 e. The molecule has 28 heavy (non-hydrogen) atoms. The van der Waals surface area contributed by atoms with Gasteiger partial charge in [-0.1, -0.05) is 0 Å². The quantitative estimate of drug-likeness (QED) is 0.763. The number of hydrazone groups is 1. The van der Waals surface area contributed by atoms with Crippen molar-refractivity contribution in [2.45, 2.75) is 25.6 Å². The highest BCUT2D eigenvalue weighted by molar-refractivity contribution is 6.04. The first-order valence-electron chi connectivity index (χ1n) is 8.01. The Kier molecular flexibility index (Phi) is 5.22. The fourth-order valence-corrected chi connectivity index (χ4v) is 2.27. The van der Waals surface area contributed by atoms with Crippen LogP contribution in [0.15, 0.2) is 27.3 Å². The van der Waals surface area contributed by atoms with E-state index in [0.717, 1.165) is 15.5 Å². The summed E-state index contributed by atoms with van der Waals surface area (Å²) in [5, 5.41) is 15.2. The van der Waals surface area contributed by atoms with Crippen molar-refractivity contribution in [1.29, 1.82) is 0 Å². The molecule has 11 nitrogen and oxygen atoms in total. The minimum atomic E-state index is -4.29. The molecule has 0 radical (unpaired) electrons. The number of hydrogen-bond donors (Lipinski definition) is 1. The molecule has 0 aliphatic carbocycles. The predicted molar refractivity (Wildman–Crippen MR) is 89.9 cm³/mol. The average molecular weight is 397 g/mol. The van der Waals surface area contributed by atoms with E-state index in [1.54, 1.807) is 6.08 Å². The van der Waals surface area contributed by atoms with Gasteiger partial charge in [-0.2, -0.15) is 32.9 Å². The van der Waals surface area contributed by atoms with Crippen LogP contribution >= 0.6 is 0 Å². The van der Waals surface area contributed by atoms with Crippen LogP contribution in [0.5, 0.6) is 0 Å². The predicted octanol–water partition coefficient (Wildman–Crippen LogP) is -0.199. The molecule has 14 heteroatoms. The lowest BCUT2D eigenvalue weighted by molar-refractivity contribution is -0.135. The monoisotopic (exact) mass is 397 g/mol. The van der Waals surface area contributed by atoms with Crippen LogP contribution in [0.2, 0.25) is 0 Å². The Morgan fingerprint density at radius 1 is 1.39 bits per heavy atom. The minimum absolute atomic E-state index is 0.0681. The third-order valence-electron chi connectivity index (χ3n) is 3.56. The SMILES string of the molecule is CN1N=C=CCN=C1NC(=O)c1nn2cnn(CCCC(F)(F)F)c2nc1=O. The van der Waals surface area contributed by atoms with E-state index in [9.17, 15) is 22.8 Å². The lowest BCUT2D eigenvalue weighted by Gasteiger charge is -2.13. The summed E-state index contributed by atoms with van der Waals surface area (Å²) in [5.74, 6) is 1.74. The van der Waals surface area contributed by atoms with Gasteiger partial charge in [0.2, 0.25) is 11.7 Å². The molecule has 2 aromatic heterocycles. The molecular weight excluding hydrogens is 383 g/mol. The summed E-state index contributed by atoms with van der Waals surface area (Å²) in [4.78, 5) is 32.3. The van der Waals surface area contributed by atoms with Crippen molar-refractivity contribution in [2.75, 3.05) is 13.6 Å². The number of amides is 1. The zero-order valence-corrected chi connectivity index (χ0v) is 14.5. The minimum Gasteiger partial charge on any atom is -0.289 e. The maximum absolute atomic E-state index is 12.4. The van der Waals surface area contributed by atoms with Gasteiger partial charge >= 0.3 is 11.7 Å². The Bertz CT molecular complexity index is 1050. The van der Waals surface area contributed by atoms with Crippen LogP contribution in [0.4, 0.5) is 13.2 Å². The van der Waals surface area contributed by atoms with Gasteiger partial charge in [-0.25, -0.2) is 14.7 Å². The van der Waals surface area contributed by atoms with Crippen molar-refractivity contribution < 1.29 is 18.0 Å². The summed E-state index contributed by atoms with van der Waals surface area (Å²) in [7, 11) is 1.53. The Labute approximate surface area is 154 Å². The van der Waals surface area contributed by atoms with E-state index in [1.807, 2.05) is 0 Å². The third kappa shape index (κ3) is 4.40. The Morgan fingerprint density at radius 3 is 2.93 bits per heavy atom. The van der Waals surface area contributed by atoms with Crippen LogP contribution in [-0.2, 0) is 6.54 Å². The van der Waals surface area contributed by atoms with E-state index in [-0.39, 0.29) is 31.2 Å². The maximum atomic E-state index is 12.4. The first-order valence-corrected chi connectivity index (χ1v) is 8.01. The van der Waals surface area contributed by atoms with Crippen LogP contribution < -0.4 is 10.9 Å². The molecule has 2 aromatic rings. The molecule has 0 saturated heterocycles. The van der Waals surface area contributed by atoms with E-state index >= 15 is 0 Å². The molecule has 3 heterocycles. The first-order chi connectivity index (χ1) is 13.2. The molecule has 0 bridgehead atoms. The molecule has 0 unspecified atom stereocenters. The molecule has 3 rings (SSSR count). The van der Waals surface area contributed by atoms with E-state index in [2.05, 4.69) is 36.5 Å². The topological polar surface area (TPSA) is 122 Å². The largest absolute Gasteiger partial charge is 0.389 e. The molecular formula is C14H14F3N9O2. The van der Waals surface area contributed by atoms with Gasteiger partial charge in [-0.3, -0.25) is 14.9 Å². The molecule has 0 atom stereocenters. The lowest BCUT2D eigenvalue weighted by Crippen LogP contribution is -2.42. The second kappa shape index (κ2) is 7.60. The molecule has 1 amide bonds. The zero-order chi connectivity index (χ0) is 20.3. The first kappa shape index (κ1) is 19.2. The number of nitrogens with one attached hydrogen (secondary N) is 1. The number of guanidine groups is 1. The van der Waals surface area contributed by atoms with E-state index in [1.165, 1.54) is 12.1 Å². The number of hydrogen-bond acceptors (Lipinski definition) is 8. The van der Waals surface area contributed by atoms with Crippen molar-refractivity contribution in [2.24, 2.45) is 10.1 Å². The Hall–Kier alpha value is -3.54. The number of carbonyl (C=O) groups is 1. The molecule has 1 aliphatic heterocycles. The smallest absolute Gasteiger partial charge is 0.289 e. The van der Waals surface area contributed by atoms with Gasteiger partial charge in [0.1, 0.15) is 6.33 Å². The van der Waals surface area contributed by atoms with Crippen molar-refractivity contribution in [1.82, 2.24) is 34.7 Å². The summed E-state index contributed by atoms with van der Waals surface area (Å²) in [5.41, 5.74) is -1.47. The van der Waals surface area contributed by atoms with Gasteiger partial charge in [0.15, 0.2) is 0 Å². The van der Waals surface area contributed by atoms with Crippen LogP contribution in [-0.4, -0.2) is 66.9 Å². The van der Waals surface area contributed by atoms with E-state index in [4.69, 9.17) is 0 Å². The number of aliphatic imine (C=N–C) groups is 1. The summed E-state index contributed by atoms with van der Waals surface area (Å²) < 4.78 is 39.0. The van der Waals surface area contributed by atoms with Gasteiger partial charge < -0.3 is 0 Å². The average Bonchev–Trinajstić information content (AvgIpc) is 2.88. The number of aromatic nitrogens is 5. The summed E-state index contributed by atoms with van der Waals surface area (Å²) in [6, 6.07) is 0. The van der Waals surface area contributed by atoms with Crippen molar-refractivity contribution in [3.63, 3.8) is 0 Å². The number of fused-ring (bicyclic) bond motifs is 1. The fourth-order valence-electron chi connectivity index (χ4n) is 2.27. The fraction of sp³-hybridized carbons (Fsp3) is 0.429. The number of rotatable bonds is 4. The normalized spacial score (nSPS) is 14.3. The van der Waals surface area contributed by atoms with Gasteiger partial charge in [0.05, 0.1) is 6.54 Å². The van der Waals surface area contributed by atoms with Gasteiger partial charge in [-0.05, 0) is 6.42 Å². The highest BCUT2D eigenvalue weighted by atomic mass is 19.4. The number of nitrogens with zero attached hydrogens (tertiary/aromatic N) is 8. The third-order valence-corrected chi connectivity index (χ3v) is 3.56. The highest BCUT2D eigenvalue weighted by Crippen LogP contribution is 2.21. The number of halogens is 3.